The summed E-state index contributed by atoms with van der Waals surface area (Å²) >= 11 is 3.67. The Labute approximate surface area is 119 Å². The lowest BCUT2D eigenvalue weighted by molar-refractivity contribution is 0.170. The van der Waals surface area contributed by atoms with Crippen LogP contribution < -0.4 is 5.32 Å². The summed E-state index contributed by atoms with van der Waals surface area (Å²) in [5.41, 5.74) is 2.65. The Balaban J connectivity index is 2.92. The summed E-state index contributed by atoms with van der Waals surface area (Å²) in [7, 11) is 1.76. The van der Waals surface area contributed by atoms with Gasteiger partial charge in [0.25, 0.3) is 0 Å². The summed E-state index contributed by atoms with van der Waals surface area (Å²) in [6.45, 7) is 8.36. The molecule has 1 aromatic carbocycles. The third kappa shape index (κ3) is 4.38. The maximum atomic E-state index is 5.19. The zero-order valence-corrected chi connectivity index (χ0v) is 13.4. The molecule has 0 aliphatic rings. The molecule has 1 N–H and O–H groups in total. The van der Waals surface area contributed by atoms with Gasteiger partial charge in [0.1, 0.15) is 0 Å². The Morgan fingerprint density at radius 2 is 2.11 bits per heavy atom. The standard InChI is InChI=1S/C15H24BrNO/c1-5-17-15(12(3)8-9-18-4)13-10-11(2)6-7-14(13)16/h6-7,10,12,15,17H,5,8-9H2,1-4H3. The normalized spacial score (nSPS) is 14.5. The Kier molecular flexibility index (Phi) is 6.90. The fourth-order valence-electron chi connectivity index (χ4n) is 2.21. The Hall–Kier alpha value is -0.380. The smallest absolute Gasteiger partial charge is 0.0465 e. The van der Waals surface area contributed by atoms with Crippen molar-refractivity contribution in [3.8, 4) is 0 Å². The molecule has 1 aromatic rings. The molecule has 18 heavy (non-hydrogen) atoms. The van der Waals surface area contributed by atoms with Crippen LogP contribution in [0, 0.1) is 12.8 Å². The van der Waals surface area contributed by atoms with Crippen LogP contribution in [0.3, 0.4) is 0 Å². The fraction of sp³-hybridized carbons (Fsp3) is 0.600. The van der Waals surface area contributed by atoms with Crippen LogP contribution in [0.5, 0.6) is 0 Å². The van der Waals surface area contributed by atoms with Gasteiger partial charge in [-0.1, -0.05) is 47.5 Å². The minimum absolute atomic E-state index is 0.374. The Bertz CT molecular complexity index is 368. The lowest BCUT2D eigenvalue weighted by atomic mass is 9.91. The minimum Gasteiger partial charge on any atom is -0.385 e. The molecule has 0 aliphatic carbocycles. The van der Waals surface area contributed by atoms with Crippen LogP contribution >= 0.6 is 15.9 Å². The van der Waals surface area contributed by atoms with E-state index in [4.69, 9.17) is 4.74 Å². The first kappa shape index (κ1) is 15.7. The minimum atomic E-state index is 0.374. The van der Waals surface area contributed by atoms with Crippen molar-refractivity contribution in [3.63, 3.8) is 0 Å². The SMILES string of the molecule is CCNC(c1cc(C)ccc1Br)C(C)CCOC. The number of benzene rings is 1. The van der Waals surface area contributed by atoms with E-state index in [0.717, 1.165) is 19.6 Å². The largest absolute Gasteiger partial charge is 0.385 e. The number of ether oxygens (including phenoxy) is 1. The topological polar surface area (TPSA) is 21.3 Å². The van der Waals surface area contributed by atoms with Gasteiger partial charge < -0.3 is 10.1 Å². The van der Waals surface area contributed by atoms with Gasteiger partial charge in [-0.05, 0) is 37.4 Å². The molecule has 0 aliphatic heterocycles. The molecule has 0 saturated heterocycles. The highest BCUT2D eigenvalue weighted by Crippen LogP contribution is 2.31. The molecule has 1 rings (SSSR count). The van der Waals surface area contributed by atoms with Crippen LogP contribution in [-0.4, -0.2) is 20.3 Å². The Morgan fingerprint density at radius 1 is 1.39 bits per heavy atom. The summed E-state index contributed by atoms with van der Waals surface area (Å²) in [6.07, 6.45) is 1.06. The van der Waals surface area contributed by atoms with E-state index in [1.807, 2.05) is 0 Å². The van der Waals surface area contributed by atoms with Gasteiger partial charge in [0, 0.05) is 24.2 Å². The van der Waals surface area contributed by atoms with Crippen LogP contribution in [0.1, 0.15) is 37.4 Å². The molecule has 0 amide bonds. The molecule has 0 spiro atoms. The van der Waals surface area contributed by atoms with Crippen LogP contribution in [-0.2, 0) is 4.74 Å². The zero-order valence-electron chi connectivity index (χ0n) is 11.8. The van der Waals surface area contributed by atoms with E-state index in [9.17, 15) is 0 Å². The highest BCUT2D eigenvalue weighted by molar-refractivity contribution is 9.10. The van der Waals surface area contributed by atoms with E-state index < -0.39 is 0 Å². The van der Waals surface area contributed by atoms with E-state index in [1.165, 1.54) is 15.6 Å². The van der Waals surface area contributed by atoms with Crippen molar-refractivity contribution >= 4 is 15.9 Å². The number of rotatable bonds is 7. The average molecular weight is 314 g/mol. The molecule has 0 saturated carbocycles. The molecule has 0 radical (unpaired) electrons. The summed E-state index contributed by atoms with van der Waals surface area (Å²) in [5.74, 6) is 0.544. The first-order valence-corrected chi connectivity index (χ1v) is 7.37. The maximum absolute atomic E-state index is 5.19. The molecule has 2 unspecified atom stereocenters. The molecule has 3 heteroatoms. The lowest BCUT2D eigenvalue weighted by Crippen LogP contribution is -2.28. The van der Waals surface area contributed by atoms with Crippen molar-refractivity contribution in [1.29, 1.82) is 0 Å². The molecular formula is C15H24BrNO. The van der Waals surface area contributed by atoms with Gasteiger partial charge in [0.2, 0.25) is 0 Å². The molecule has 0 bridgehead atoms. The highest BCUT2D eigenvalue weighted by atomic mass is 79.9. The number of hydrogen-bond donors (Lipinski definition) is 1. The second kappa shape index (κ2) is 7.93. The predicted octanol–water partition coefficient (Wildman–Crippen LogP) is 4.08. The quantitative estimate of drug-likeness (QED) is 0.819. The first-order chi connectivity index (χ1) is 8.60. The van der Waals surface area contributed by atoms with E-state index in [1.54, 1.807) is 7.11 Å². The number of aryl methyl sites for hydroxylation is 1. The zero-order chi connectivity index (χ0) is 13.5. The van der Waals surface area contributed by atoms with Crippen molar-refractivity contribution in [2.75, 3.05) is 20.3 Å². The Morgan fingerprint density at radius 3 is 2.72 bits per heavy atom. The molecule has 0 fully saturated rings. The van der Waals surface area contributed by atoms with Crippen LogP contribution in [0.2, 0.25) is 0 Å². The van der Waals surface area contributed by atoms with Gasteiger partial charge in [-0.15, -0.1) is 0 Å². The number of halogens is 1. The summed E-state index contributed by atoms with van der Waals surface area (Å²) in [4.78, 5) is 0. The van der Waals surface area contributed by atoms with Crippen molar-refractivity contribution in [1.82, 2.24) is 5.32 Å². The molecular weight excluding hydrogens is 290 g/mol. The van der Waals surface area contributed by atoms with E-state index in [-0.39, 0.29) is 0 Å². The van der Waals surface area contributed by atoms with Crippen molar-refractivity contribution in [2.45, 2.75) is 33.2 Å². The van der Waals surface area contributed by atoms with Crippen molar-refractivity contribution in [3.05, 3.63) is 33.8 Å². The second-order valence-electron chi connectivity index (χ2n) is 4.82. The van der Waals surface area contributed by atoms with E-state index in [2.05, 4.69) is 60.2 Å². The van der Waals surface area contributed by atoms with Crippen LogP contribution in [0.4, 0.5) is 0 Å². The second-order valence-corrected chi connectivity index (χ2v) is 5.67. The first-order valence-electron chi connectivity index (χ1n) is 6.58. The third-order valence-corrected chi connectivity index (χ3v) is 3.98. The van der Waals surface area contributed by atoms with E-state index >= 15 is 0 Å². The van der Waals surface area contributed by atoms with Gasteiger partial charge in [0.15, 0.2) is 0 Å². The molecule has 2 nitrogen and oxygen atoms in total. The average Bonchev–Trinajstić information content (AvgIpc) is 2.36. The molecule has 2 atom stereocenters. The number of hydrogen-bond acceptors (Lipinski definition) is 2. The molecule has 0 heterocycles. The molecule has 102 valence electrons. The predicted molar refractivity (Wildman–Crippen MR) is 81.0 cm³/mol. The molecule has 0 aromatic heterocycles. The summed E-state index contributed by atoms with van der Waals surface area (Å²) < 4.78 is 6.37. The van der Waals surface area contributed by atoms with Crippen molar-refractivity contribution < 1.29 is 4.74 Å². The van der Waals surface area contributed by atoms with Gasteiger partial charge in [-0.3, -0.25) is 0 Å². The van der Waals surface area contributed by atoms with Crippen LogP contribution in [0.25, 0.3) is 0 Å². The summed E-state index contributed by atoms with van der Waals surface area (Å²) in [6, 6.07) is 6.91. The van der Waals surface area contributed by atoms with Gasteiger partial charge in [-0.25, -0.2) is 0 Å². The van der Waals surface area contributed by atoms with Gasteiger partial charge >= 0.3 is 0 Å². The van der Waals surface area contributed by atoms with Crippen LogP contribution in [0.15, 0.2) is 22.7 Å². The highest BCUT2D eigenvalue weighted by Gasteiger charge is 2.20. The third-order valence-electron chi connectivity index (χ3n) is 3.26. The number of nitrogens with one attached hydrogen (secondary N) is 1. The fourth-order valence-corrected chi connectivity index (χ4v) is 2.70. The summed E-state index contributed by atoms with van der Waals surface area (Å²) in [5, 5.41) is 3.59. The maximum Gasteiger partial charge on any atom is 0.0465 e. The monoisotopic (exact) mass is 313 g/mol. The van der Waals surface area contributed by atoms with Gasteiger partial charge in [-0.2, -0.15) is 0 Å². The van der Waals surface area contributed by atoms with E-state index in [0.29, 0.717) is 12.0 Å². The van der Waals surface area contributed by atoms with Crippen molar-refractivity contribution in [2.24, 2.45) is 5.92 Å². The number of methoxy groups -OCH3 is 1. The lowest BCUT2D eigenvalue weighted by Gasteiger charge is -2.26. The van der Waals surface area contributed by atoms with Gasteiger partial charge in [0.05, 0.1) is 0 Å².